The van der Waals surface area contributed by atoms with Gasteiger partial charge in [-0.1, -0.05) is 0 Å². The van der Waals surface area contributed by atoms with Crippen LogP contribution >= 0.6 is 11.8 Å². The Morgan fingerprint density at radius 2 is 2.24 bits per heavy atom. The van der Waals surface area contributed by atoms with Crippen molar-refractivity contribution >= 4 is 29.0 Å². The number of carbonyl (C=O) groups is 1. The van der Waals surface area contributed by atoms with Crippen LogP contribution in [0.2, 0.25) is 0 Å². The van der Waals surface area contributed by atoms with Crippen LogP contribution in [0.5, 0.6) is 0 Å². The van der Waals surface area contributed by atoms with Crippen molar-refractivity contribution in [1.82, 2.24) is 0 Å². The maximum absolute atomic E-state index is 12.8. The van der Waals surface area contributed by atoms with Crippen LogP contribution in [-0.4, -0.2) is 29.1 Å². The van der Waals surface area contributed by atoms with E-state index in [1.165, 1.54) is 23.9 Å². The summed E-state index contributed by atoms with van der Waals surface area (Å²) in [5.41, 5.74) is 6.18. The molecule has 94 valence electrons. The molecule has 0 bridgehead atoms. The van der Waals surface area contributed by atoms with Crippen LogP contribution in [0.3, 0.4) is 0 Å². The van der Waals surface area contributed by atoms with E-state index in [9.17, 15) is 9.18 Å². The molecule has 0 aliphatic rings. The van der Waals surface area contributed by atoms with Gasteiger partial charge in [-0.3, -0.25) is 4.79 Å². The highest BCUT2D eigenvalue weighted by molar-refractivity contribution is 7.99. The van der Waals surface area contributed by atoms with E-state index in [2.05, 4.69) is 5.32 Å². The van der Waals surface area contributed by atoms with E-state index in [4.69, 9.17) is 10.8 Å². The lowest BCUT2D eigenvalue weighted by molar-refractivity contribution is -0.115. The van der Waals surface area contributed by atoms with E-state index >= 15 is 0 Å². The number of aliphatic hydroxyl groups is 1. The molecule has 0 aromatic heterocycles. The minimum atomic E-state index is -0.431. The Labute approximate surface area is 103 Å². The zero-order chi connectivity index (χ0) is 12.7. The quantitative estimate of drug-likeness (QED) is 0.533. The highest BCUT2D eigenvalue weighted by Gasteiger charge is 2.05. The SMILES string of the molecule is Nc1cc(F)ccc1NC(=O)CCSCCO. The van der Waals surface area contributed by atoms with E-state index in [0.29, 0.717) is 23.6 Å². The third kappa shape index (κ3) is 5.06. The molecule has 1 rings (SSSR count). The molecule has 17 heavy (non-hydrogen) atoms. The lowest BCUT2D eigenvalue weighted by atomic mass is 10.2. The largest absolute Gasteiger partial charge is 0.397 e. The summed E-state index contributed by atoms with van der Waals surface area (Å²) >= 11 is 1.50. The van der Waals surface area contributed by atoms with Gasteiger partial charge in [0.05, 0.1) is 18.0 Å². The first-order valence-electron chi connectivity index (χ1n) is 5.17. The van der Waals surface area contributed by atoms with Crippen molar-refractivity contribution in [3.05, 3.63) is 24.0 Å². The molecule has 1 aromatic carbocycles. The lowest BCUT2D eigenvalue weighted by Gasteiger charge is -2.07. The standard InChI is InChI=1S/C11H15FN2O2S/c12-8-1-2-10(9(13)7-8)14-11(16)3-5-17-6-4-15/h1-2,7,15H,3-6,13H2,(H,14,16). The maximum atomic E-state index is 12.8. The number of carbonyl (C=O) groups excluding carboxylic acids is 1. The van der Waals surface area contributed by atoms with E-state index in [1.54, 1.807) is 0 Å². The Bertz CT molecular complexity index is 388. The molecule has 0 heterocycles. The molecule has 0 fully saturated rings. The fourth-order valence-electron chi connectivity index (χ4n) is 1.19. The van der Waals surface area contributed by atoms with Crippen LogP contribution in [0.25, 0.3) is 0 Å². The Morgan fingerprint density at radius 3 is 2.88 bits per heavy atom. The number of amides is 1. The summed E-state index contributed by atoms with van der Waals surface area (Å²) in [5.74, 6) is 0.646. The second-order valence-corrected chi connectivity index (χ2v) is 4.59. The number of halogens is 1. The average molecular weight is 258 g/mol. The Morgan fingerprint density at radius 1 is 1.47 bits per heavy atom. The van der Waals surface area contributed by atoms with E-state index in [0.717, 1.165) is 6.07 Å². The van der Waals surface area contributed by atoms with Gasteiger partial charge in [0.25, 0.3) is 0 Å². The second kappa shape index (κ2) is 7.13. The molecule has 4 nitrogen and oxygen atoms in total. The molecular formula is C11H15FN2O2S. The molecule has 0 radical (unpaired) electrons. The first kappa shape index (κ1) is 13.8. The molecule has 0 aliphatic carbocycles. The van der Waals surface area contributed by atoms with Crippen molar-refractivity contribution in [2.24, 2.45) is 0 Å². The Balaban J connectivity index is 2.40. The summed E-state index contributed by atoms with van der Waals surface area (Å²) in [5, 5.41) is 11.2. The number of nitrogens with two attached hydrogens (primary N) is 1. The molecule has 6 heteroatoms. The predicted molar refractivity (Wildman–Crippen MR) is 68.5 cm³/mol. The molecule has 0 saturated carbocycles. The lowest BCUT2D eigenvalue weighted by Crippen LogP contribution is -2.13. The van der Waals surface area contributed by atoms with Crippen molar-refractivity contribution in [1.29, 1.82) is 0 Å². The molecular weight excluding hydrogens is 243 g/mol. The minimum absolute atomic E-state index is 0.108. The van der Waals surface area contributed by atoms with Crippen molar-refractivity contribution in [3.8, 4) is 0 Å². The molecule has 0 atom stereocenters. The number of benzene rings is 1. The van der Waals surface area contributed by atoms with Gasteiger partial charge in [-0.2, -0.15) is 11.8 Å². The summed E-state index contributed by atoms with van der Waals surface area (Å²) in [6.45, 7) is 0.108. The fourth-order valence-corrected chi connectivity index (χ4v) is 1.85. The molecule has 0 aliphatic heterocycles. The fraction of sp³-hybridized carbons (Fsp3) is 0.364. The highest BCUT2D eigenvalue weighted by atomic mass is 32.2. The van der Waals surface area contributed by atoms with E-state index < -0.39 is 5.82 Å². The van der Waals surface area contributed by atoms with Gasteiger partial charge >= 0.3 is 0 Å². The molecule has 0 unspecified atom stereocenters. The monoisotopic (exact) mass is 258 g/mol. The average Bonchev–Trinajstić information content (AvgIpc) is 2.28. The predicted octanol–water partition coefficient (Wildman–Crippen LogP) is 1.46. The molecule has 0 spiro atoms. The zero-order valence-electron chi connectivity index (χ0n) is 9.28. The second-order valence-electron chi connectivity index (χ2n) is 3.37. The number of nitrogen functional groups attached to an aromatic ring is 1. The zero-order valence-corrected chi connectivity index (χ0v) is 10.1. The highest BCUT2D eigenvalue weighted by Crippen LogP contribution is 2.19. The van der Waals surface area contributed by atoms with Crippen molar-refractivity contribution in [3.63, 3.8) is 0 Å². The molecule has 4 N–H and O–H groups in total. The van der Waals surface area contributed by atoms with Crippen LogP contribution in [0.1, 0.15) is 6.42 Å². The molecule has 1 aromatic rings. The van der Waals surface area contributed by atoms with Crippen LogP contribution in [0, 0.1) is 5.82 Å². The first-order valence-corrected chi connectivity index (χ1v) is 6.32. The van der Waals surface area contributed by atoms with Crippen LogP contribution in [0.4, 0.5) is 15.8 Å². The minimum Gasteiger partial charge on any atom is -0.397 e. The third-order valence-corrected chi connectivity index (χ3v) is 2.96. The van der Waals surface area contributed by atoms with Crippen LogP contribution < -0.4 is 11.1 Å². The summed E-state index contributed by atoms with van der Waals surface area (Å²) < 4.78 is 12.8. The Hall–Kier alpha value is -1.27. The summed E-state index contributed by atoms with van der Waals surface area (Å²) in [6.07, 6.45) is 0.335. The number of aliphatic hydroxyl groups excluding tert-OH is 1. The molecule has 1 amide bonds. The van der Waals surface area contributed by atoms with Gasteiger partial charge in [-0.15, -0.1) is 0 Å². The topological polar surface area (TPSA) is 75.3 Å². The van der Waals surface area contributed by atoms with Gasteiger partial charge in [0, 0.05) is 17.9 Å². The van der Waals surface area contributed by atoms with Crippen molar-refractivity contribution in [2.75, 3.05) is 29.2 Å². The number of rotatable bonds is 6. The van der Waals surface area contributed by atoms with Gasteiger partial charge in [-0.05, 0) is 18.2 Å². The number of nitrogens with one attached hydrogen (secondary N) is 1. The van der Waals surface area contributed by atoms with Gasteiger partial charge in [-0.25, -0.2) is 4.39 Å². The maximum Gasteiger partial charge on any atom is 0.225 e. The van der Waals surface area contributed by atoms with Crippen molar-refractivity contribution in [2.45, 2.75) is 6.42 Å². The van der Waals surface area contributed by atoms with Gasteiger partial charge in [0.2, 0.25) is 5.91 Å². The third-order valence-electron chi connectivity index (χ3n) is 2.00. The number of hydrogen-bond donors (Lipinski definition) is 3. The molecule has 0 saturated heterocycles. The smallest absolute Gasteiger partial charge is 0.225 e. The number of hydrogen-bond acceptors (Lipinski definition) is 4. The van der Waals surface area contributed by atoms with Gasteiger partial charge in [0.1, 0.15) is 5.82 Å². The van der Waals surface area contributed by atoms with Crippen LogP contribution in [-0.2, 0) is 4.79 Å². The van der Waals surface area contributed by atoms with Gasteiger partial charge in [0.15, 0.2) is 0 Å². The van der Waals surface area contributed by atoms with Gasteiger partial charge < -0.3 is 16.2 Å². The summed E-state index contributed by atoms with van der Waals surface area (Å²) in [6, 6.07) is 3.84. The summed E-state index contributed by atoms with van der Waals surface area (Å²) in [4.78, 5) is 11.5. The summed E-state index contributed by atoms with van der Waals surface area (Å²) in [7, 11) is 0. The normalized spacial score (nSPS) is 10.2. The van der Waals surface area contributed by atoms with E-state index in [1.807, 2.05) is 0 Å². The van der Waals surface area contributed by atoms with E-state index in [-0.39, 0.29) is 18.2 Å². The number of anilines is 2. The first-order chi connectivity index (χ1) is 8.13. The van der Waals surface area contributed by atoms with Crippen LogP contribution in [0.15, 0.2) is 18.2 Å². The number of thioether (sulfide) groups is 1. The Kier molecular flexibility index (Phi) is 5.79. The van der Waals surface area contributed by atoms with Crippen molar-refractivity contribution < 1.29 is 14.3 Å².